The quantitative estimate of drug-likeness (QED) is 0.775. The second-order valence-corrected chi connectivity index (χ2v) is 3.80. The molecule has 1 unspecified atom stereocenters. The third-order valence-corrected chi connectivity index (χ3v) is 2.42. The van der Waals surface area contributed by atoms with Gasteiger partial charge in [0.1, 0.15) is 5.82 Å². The Morgan fingerprint density at radius 2 is 2.07 bits per heavy atom. The van der Waals surface area contributed by atoms with Gasteiger partial charge >= 0.3 is 0 Å². The van der Waals surface area contributed by atoms with Crippen molar-refractivity contribution in [1.82, 2.24) is 4.98 Å². The number of nitrogens with two attached hydrogens (primary N) is 1. The molecule has 1 aromatic carbocycles. The van der Waals surface area contributed by atoms with Crippen LogP contribution < -0.4 is 5.73 Å². The summed E-state index contributed by atoms with van der Waals surface area (Å²) in [7, 11) is 0. The van der Waals surface area contributed by atoms with Crippen LogP contribution in [-0.2, 0) is 0 Å². The molecular formula is C12H13FN2. The normalized spacial score (nSPS) is 13.1. The van der Waals surface area contributed by atoms with E-state index < -0.39 is 0 Å². The Hall–Kier alpha value is -1.48. The van der Waals surface area contributed by atoms with E-state index >= 15 is 0 Å². The van der Waals surface area contributed by atoms with Gasteiger partial charge in [0.05, 0.1) is 5.52 Å². The lowest BCUT2D eigenvalue weighted by atomic mass is 10.0. The summed E-state index contributed by atoms with van der Waals surface area (Å²) in [5, 5.41) is 0.801. The highest BCUT2D eigenvalue weighted by Crippen LogP contribution is 2.23. The Bertz CT molecular complexity index is 506. The maximum atomic E-state index is 13.1. The van der Waals surface area contributed by atoms with Crippen LogP contribution in [0, 0.1) is 12.7 Å². The largest absolute Gasteiger partial charge is 0.324 e. The molecule has 0 aliphatic rings. The second kappa shape index (κ2) is 3.59. The summed E-state index contributed by atoms with van der Waals surface area (Å²) in [4.78, 5) is 4.34. The molecule has 0 spiro atoms. The van der Waals surface area contributed by atoms with Gasteiger partial charge in [-0.1, -0.05) is 0 Å². The third kappa shape index (κ3) is 1.83. The van der Waals surface area contributed by atoms with Crippen molar-refractivity contribution in [2.24, 2.45) is 5.73 Å². The molecule has 0 fully saturated rings. The summed E-state index contributed by atoms with van der Waals surface area (Å²) < 4.78 is 13.1. The van der Waals surface area contributed by atoms with Gasteiger partial charge in [0.2, 0.25) is 0 Å². The van der Waals surface area contributed by atoms with Crippen molar-refractivity contribution in [2.45, 2.75) is 19.9 Å². The molecule has 2 nitrogen and oxygen atoms in total. The zero-order chi connectivity index (χ0) is 11.0. The van der Waals surface area contributed by atoms with Crippen molar-refractivity contribution < 1.29 is 4.39 Å². The van der Waals surface area contributed by atoms with Gasteiger partial charge in [-0.2, -0.15) is 0 Å². The lowest BCUT2D eigenvalue weighted by molar-refractivity contribution is 0.629. The van der Waals surface area contributed by atoms with Crippen molar-refractivity contribution in [3.8, 4) is 0 Å². The number of halogens is 1. The molecule has 1 aromatic heterocycles. The molecule has 2 aromatic rings. The van der Waals surface area contributed by atoms with Crippen LogP contribution in [0.4, 0.5) is 4.39 Å². The van der Waals surface area contributed by atoms with Crippen LogP contribution in [0.25, 0.3) is 10.9 Å². The average molecular weight is 204 g/mol. The maximum Gasteiger partial charge on any atom is 0.123 e. The minimum Gasteiger partial charge on any atom is -0.324 e. The second-order valence-electron chi connectivity index (χ2n) is 3.80. The topological polar surface area (TPSA) is 38.9 Å². The van der Waals surface area contributed by atoms with E-state index in [0.29, 0.717) is 0 Å². The fourth-order valence-corrected chi connectivity index (χ4v) is 1.74. The highest BCUT2D eigenvalue weighted by molar-refractivity contribution is 5.82. The highest BCUT2D eigenvalue weighted by atomic mass is 19.1. The number of hydrogen-bond donors (Lipinski definition) is 1. The molecule has 1 atom stereocenters. The van der Waals surface area contributed by atoms with Crippen molar-refractivity contribution in [3.05, 3.63) is 41.3 Å². The van der Waals surface area contributed by atoms with Crippen LogP contribution in [0.5, 0.6) is 0 Å². The van der Waals surface area contributed by atoms with Gasteiger partial charge in [-0.15, -0.1) is 0 Å². The summed E-state index contributed by atoms with van der Waals surface area (Å²) >= 11 is 0. The van der Waals surface area contributed by atoms with Crippen LogP contribution in [-0.4, -0.2) is 4.98 Å². The lowest BCUT2D eigenvalue weighted by Gasteiger charge is -2.10. The van der Waals surface area contributed by atoms with E-state index in [2.05, 4.69) is 4.98 Å². The summed E-state index contributed by atoms with van der Waals surface area (Å²) in [5.41, 5.74) is 8.49. The molecule has 0 amide bonds. The van der Waals surface area contributed by atoms with E-state index in [1.807, 2.05) is 19.9 Å². The van der Waals surface area contributed by atoms with Crippen molar-refractivity contribution in [3.63, 3.8) is 0 Å². The first-order chi connectivity index (χ1) is 7.08. The molecule has 3 heteroatoms. The van der Waals surface area contributed by atoms with Crippen LogP contribution in [0.1, 0.15) is 24.2 Å². The highest BCUT2D eigenvalue weighted by Gasteiger charge is 2.08. The molecule has 1 heterocycles. The Balaban J connectivity index is 2.81. The number of rotatable bonds is 1. The Kier molecular flexibility index (Phi) is 2.40. The molecule has 15 heavy (non-hydrogen) atoms. The fraction of sp³-hybridized carbons (Fsp3) is 0.250. The zero-order valence-corrected chi connectivity index (χ0v) is 8.79. The number of fused-ring (bicyclic) bond motifs is 1. The first kappa shape index (κ1) is 10.1. The van der Waals surface area contributed by atoms with E-state index in [4.69, 9.17) is 5.73 Å². The maximum absolute atomic E-state index is 13.1. The van der Waals surface area contributed by atoms with Crippen molar-refractivity contribution >= 4 is 10.9 Å². The fourth-order valence-electron chi connectivity index (χ4n) is 1.74. The number of benzene rings is 1. The van der Waals surface area contributed by atoms with Gasteiger partial charge in [-0.05, 0) is 43.7 Å². The molecule has 78 valence electrons. The molecule has 0 aliphatic carbocycles. The Morgan fingerprint density at radius 3 is 2.73 bits per heavy atom. The molecule has 2 rings (SSSR count). The van der Waals surface area contributed by atoms with Gasteiger partial charge in [-0.3, -0.25) is 4.98 Å². The number of hydrogen-bond acceptors (Lipinski definition) is 2. The Morgan fingerprint density at radius 1 is 1.33 bits per heavy atom. The minimum absolute atomic E-state index is 0.115. The molecule has 0 aliphatic heterocycles. The number of pyridine rings is 1. The molecule has 0 saturated carbocycles. The van der Waals surface area contributed by atoms with Gasteiger partial charge < -0.3 is 5.73 Å². The van der Waals surface area contributed by atoms with Gasteiger partial charge in [-0.25, -0.2) is 4.39 Å². The summed E-state index contributed by atoms with van der Waals surface area (Å²) in [6, 6.07) is 6.38. The van der Waals surface area contributed by atoms with Crippen molar-refractivity contribution in [1.29, 1.82) is 0 Å². The summed E-state index contributed by atoms with van der Waals surface area (Å²) in [6.45, 7) is 3.80. The smallest absolute Gasteiger partial charge is 0.123 e. The number of aromatic nitrogens is 1. The zero-order valence-electron chi connectivity index (χ0n) is 8.79. The van der Waals surface area contributed by atoms with E-state index in [9.17, 15) is 4.39 Å². The summed E-state index contributed by atoms with van der Waals surface area (Å²) in [5.74, 6) is -0.255. The monoisotopic (exact) mass is 204 g/mol. The number of nitrogens with zero attached hydrogens (tertiary/aromatic N) is 1. The van der Waals surface area contributed by atoms with Gasteiger partial charge in [0.25, 0.3) is 0 Å². The minimum atomic E-state index is -0.255. The first-order valence-electron chi connectivity index (χ1n) is 4.90. The predicted molar refractivity (Wildman–Crippen MR) is 59.0 cm³/mol. The molecule has 2 N–H and O–H groups in total. The van der Waals surface area contributed by atoms with Crippen LogP contribution in [0.3, 0.4) is 0 Å². The molecular weight excluding hydrogens is 191 g/mol. The molecule has 0 radical (unpaired) electrons. The number of aryl methyl sites for hydroxylation is 1. The first-order valence-corrected chi connectivity index (χ1v) is 4.90. The van der Waals surface area contributed by atoms with Gasteiger partial charge in [0, 0.05) is 17.1 Å². The van der Waals surface area contributed by atoms with E-state index in [1.165, 1.54) is 12.1 Å². The van der Waals surface area contributed by atoms with Crippen LogP contribution in [0.2, 0.25) is 0 Å². The van der Waals surface area contributed by atoms with Crippen LogP contribution in [0.15, 0.2) is 24.3 Å². The third-order valence-electron chi connectivity index (χ3n) is 2.42. The van der Waals surface area contributed by atoms with E-state index in [0.717, 1.165) is 22.2 Å². The SMILES string of the molecule is Cc1cc(C(C)N)c2cc(F)ccc2n1. The molecule has 0 bridgehead atoms. The van der Waals surface area contributed by atoms with E-state index in [-0.39, 0.29) is 11.9 Å². The lowest BCUT2D eigenvalue weighted by Crippen LogP contribution is -2.06. The molecule has 0 saturated heterocycles. The average Bonchev–Trinajstić information content (AvgIpc) is 2.17. The van der Waals surface area contributed by atoms with Gasteiger partial charge in [0.15, 0.2) is 0 Å². The van der Waals surface area contributed by atoms with Crippen LogP contribution >= 0.6 is 0 Å². The van der Waals surface area contributed by atoms with Crippen molar-refractivity contribution in [2.75, 3.05) is 0 Å². The Labute approximate surface area is 87.9 Å². The predicted octanol–water partition coefficient (Wildman–Crippen LogP) is 2.70. The standard InChI is InChI=1S/C12H13FN2/c1-7-5-10(8(2)14)11-6-9(13)3-4-12(11)15-7/h3-6,8H,14H2,1-2H3. The van der Waals surface area contributed by atoms with E-state index in [1.54, 1.807) is 6.07 Å². The summed E-state index contributed by atoms with van der Waals surface area (Å²) in [6.07, 6.45) is 0.